The molecular weight excluding hydrogens is 313 g/mol. The molecule has 0 amide bonds. The van der Waals surface area contributed by atoms with Crippen molar-refractivity contribution in [2.45, 2.75) is 25.9 Å². The fourth-order valence-corrected chi connectivity index (χ4v) is 3.01. The van der Waals surface area contributed by atoms with Crippen LogP contribution in [0.3, 0.4) is 0 Å². The first kappa shape index (κ1) is 13.7. The second kappa shape index (κ2) is 6.45. The van der Waals surface area contributed by atoms with E-state index in [0.29, 0.717) is 18.2 Å². The number of hydrogen-bond donors (Lipinski definition) is 1. The van der Waals surface area contributed by atoms with Gasteiger partial charge in [0.15, 0.2) is 0 Å². The second-order valence-corrected chi connectivity index (χ2v) is 6.25. The summed E-state index contributed by atoms with van der Waals surface area (Å²) in [6.07, 6.45) is 0.979. The zero-order valence-electron chi connectivity index (χ0n) is 10.1. The minimum Gasteiger partial charge on any atom is -0.310 e. The Kier molecular flexibility index (Phi) is 4.92. The molecule has 1 nitrogen and oxygen atoms in total. The minimum absolute atomic E-state index is 0.158. The summed E-state index contributed by atoms with van der Waals surface area (Å²) in [4.78, 5) is 1.35. The minimum atomic E-state index is -0.158. The Bertz CT molecular complexity index is 499. The maximum atomic E-state index is 13.5. The van der Waals surface area contributed by atoms with Crippen molar-refractivity contribution in [3.05, 3.63) is 56.4 Å². The lowest BCUT2D eigenvalue weighted by Gasteiger charge is -2.13. The van der Waals surface area contributed by atoms with Gasteiger partial charge in [-0.3, -0.25) is 0 Å². The monoisotopic (exact) mass is 327 g/mol. The van der Waals surface area contributed by atoms with E-state index in [2.05, 4.69) is 45.7 Å². The van der Waals surface area contributed by atoms with E-state index in [0.717, 1.165) is 10.9 Å². The van der Waals surface area contributed by atoms with E-state index in [4.69, 9.17) is 0 Å². The quantitative estimate of drug-likeness (QED) is 0.859. The highest BCUT2D eigenvalue weighted by molar-refractivity contribution is 9.10. The summed E-state index contributed by atoms with van der Waals surface area (Å²) in [6, 6.07) is 9.55. The summed E-state index contributed by atoms with van der Waals surface area (Å²) < 4.78 is 14.4. The van der Waals surface area contributed by atoms with Gasteiger partial charge < -0.3 is 5.32 Å². The van der Waals surface area contributed by atoms with Gasteiger partial charge in [0.25, 0.3) is 0 Å². The molecule has 96 valence electrons. The molecule has 2 aromatic rings. The fourth-order valence-electron chi connectivity index (χ4n) is 1.77. The van der Waals surface area contributed by atoms with Crippen molar-refractivity contribution < 1.29 is 4.39 Å². The maximum Gasteiger partial charge on any atom is 0.127 e. The summed E-state index contributed by atoms with van der Waals surface area (Å²) in [5.41, 5.74) is 0.697. The average Bonchev–Trinajstić information content (AvgIpc) is 2.83. The van der Waals surface area contributed by atoms with Gasteiger partial charge in [0.1, 0.15) is 5.82 Å². The molecule has 0 aliphatic heterocycles. The Hall–Kier alpha value is -0.710. The summed E-state index contributed by atoms with van der Waals surface area (Å²) >= 11 is 5.12. The summed E-state index contributed by atoms with van der Waals surface area (Å²) in [5.74, 6) is -0.158. The van der Waals surface area contributed by atoms with E-state index in [1.54, 1.807) is 17.4 Å². The highest BCUT2D eigenvalue weighted by Gasteiger charge is 2.07. The molecule has 0 aliphatic rings. The van der Waals surface area contributed by atoms with Crippen LogP contribution in [0.15, 0.2) is 40.2 Å². The van der Waals surface area contributed by atoms with Crippen molar-refractivity contribution in [1.82, 2.24) is 5.32 Å². The maximum absolute atomic E-state index is 13.5. The summed E-state index contributed by atoms with van der Waals surface area (Å²) in [7, 11) is 0. The number of hydrogen-bond acceptors (Lipinski definition) is 2. The number of benzene rings is 1. The Balaban J connectivity index is 1.89. The van der Waals surface area contributed by atoms with Crippen molar-refractivity contribution >= 4 is 27.3 Å². The third-order valence-electron chi connectivity index (χ3n) is 2.74. The molecule has 0 saturated carbocycles. The van der Waals surface area contributed by atoms with Crippen LogP contribution < -0.4 is 5.32 Å². The van der Waals surface area contributed by atoms with E-state index >= 15 is 0 Å². The van der Waals surface area contributed by atoms with E-state index < -0.39 is 0 Å². The summed E-state index contributed by atoms with van der Waals surface area (Å²) in [5, 5.41) is 5.43. The van der Waals surface area contributed by atoms with E-state index in [-0.39, 0.29) is 5.82 Å². The SMILES string of the molecule is CC(Cc1cccs1)NCc1cc(Br)ccc1F. The molecule has 0 radical (unpaired) electrons. The molecule has 1 unspecified atom stereocenters. The molecule has 0 fully saturated rings. The predicted octanol–water partition coefficient (Wildman–Crippen LogP) is 4.37. The first-order valence-electron chi connectivity index (χ1n) is 5.85. The van der Waals surface area contributed by atoms with Crippen LogP contribution in [0.25, 0.3) is 0 Å². The Morgan fingerprint density at radius 3 is 2.94 bits per heavy atom. The van der Waals surface area contributed by atoms with Gasteiger partial charge >= 0.3 is 0 Å². The zero-order chi connectivity index (χ0) is 13.0. The van der Waals surface area contributed by atoms with Gasteiger partial charge in [0.2, 0.25) is 0 Å². The highest BCUT2D eigenvalue weighted by Crippen LogP contribution is 2.16. The Morgan fingerprint density at radius 1 is 1.39 bits per heavy atom. The Labute approximate surface area is 119 Å². The van der Waals surface area contributed by atoms with Gasteiger partial charge in [-0.05, 0) is 43.0 Å². The van der Waals surface area contributed by atoms with Crippen molar-refractivity contribution in [2.75, 3.05) is 0 Å². The molecule has 1 heterocycles. The normalized spacial score (nSPS) is 12.6. The van der Waals surface area contributed by atoms with Crippen LogP contribution in [0.2, 0.25) is 0 Å². The lowest BCUT2D eigenvalue weighted by atomic mass is 10.1. The van der Waals surface area contributed by atoms with Gasteiger partial charge in [-0.15, -0.1) is 11.3 Å². The lowest BCUT2D eigenvalue weighted by molar-refractivity contribution is 0.527. The van der Waals surface area contributed by atoms with E-state index in [1.807, 2.05) is 6.07 Å². The number of rotatable bonds is 5. The smallest absolute Gasteiger partial charge is 0.127 e. The zero-order valence-corrected chi connectivity index (χ0v) is 12.5. The van der Waals surface area contributed by atoms with Crippen LogP contribution in [0.1, 0.15) is 17.4 Å². The highest BCUT2D eigenvalue weighted by atomic mass is 79.9. The molecule has 0 saturated heterocycles. The predicted molar refractivity (Wildman–Crippen MR) is 78.4 cm³/mol. The van der Waals surface area contributed by atoms with Crippen LogP contribution in [-0.2, 0) is 13.0 Å². The van der Waals surface area contributed by atoms with Gasteiger partial charge in [0.05, 0.1) is 0 Å². The van der Waals surface area contributed by atoms with Crippen LogP contribution in [0.4, 0.5) is 4.39 Å². The number of nitrogens with one attached hydrogen (secondary N) is 1. The van der Waals surface area contributed by atoms with Crippen molar-refractivity contribution in [3.8, 4) is 0 Å². The third kappa shape index (κ3) is 3.90. The topological polar surface area (TPSA) is 12.0 Å². The van der Waals surface area contributed by atoms with Crippen LogP contribution in [-0.4, -0.2) is 6.04 Å². The fraction of sp³-hybridized carbons (Fsp3) is 0.286. The molecular formula is C14H15BrFNS. The summed E-state index contributed by atoms with van der Waals surface area (Å²) in [6.45, 7) is 2.67. The molecule has 0 spiro atoms. The Morgan fingerprint density at radius 2 is 2.22 bits per heavy atom. The number of halogens is 2. The molecule has 18 heavy (non-hydrogen) atoms. The molecule has 1 aromatic heterocycles. The van der Waals surface area contributed by atoms with Crippen LogP contribution in [0.5, 0.6) is 0 Å². The molecule has 0 bridgehead atoms. The molecule has 4 heteroatoms. The standard InChI is InChI=1S/C14H15BrFNS/c1-10(7-13-3-2-6-18-13)17-9-11-8-12(15)4-5-14(11)16/h2-6,8,10,17H,7,9H2,1H3. The first-order chi connectivity index (χ1) is 8.65. The largest absolute Gasteiger partial charge is 0.310 e. The second-order valence-electron chi connectivity index (χ2n) is 4.30. The van der Waals surface area contributed by atoms with E-state index in [1.165, 1.54) is 10.9 Å². The van der Waals surface area contributed by atoms with Crippen LogP contribution >= 0.6 is 27.3 Å². The molecule has 2 rings (SSSR count). The number of thiophene rings is 1. The molecule has 0 aliphatic carbocycles. The molecule has 1 atom stereocenters. The van der Waals surface area contributed by atoms with Crippen LogP contribution in [0, 0.1) is 5.82 Å². The molecule has 1 N–H and O–H groups in total. The first-order valence-corrected chi connectivity index (χ1v) is 7.52. The van der Waals surface area contributed by atoms with Gasteiger partial charge in [-0.2, -0.15) is 0 Å². The van der Waals surface area contributed by atoms with Gasteiger partial charge in [-0.25, -0.2) is 4.39 Å². The van der Waals surface area contributed by atoms with Crippen molar-refractivity contribution in [3.63, 3.8) is 0 Å². The van der Waals surface area contributed by atoms with Gasteiger partial charge in [-0.1, -0.05) is 22.0 Å². The average molecular weight is 328 g/mol. The van der Waals surface area contributed by atoms with Gasteiger partial charge in [0, 0.05) is 27.5 Å². The van der Waals surface area contributed by atoms with E-state index in [9.17, 15) is 4.39 Å². The lowest BCUT2D eigenvalue weighted by Crippen LogP contribution is -2.27. The van der Waals surface area contributed by atoms with Crippen molar-refractivity contribution in [2.24, 2.45) is 0 Å². The van der Waals surface area contributed by atoms with Crippen molar-refractivity contribution in [1.29, 1.82) is 0 Å². The third-order valence-corrected chi connectivity index (χ3v) is 4.13. The molecule has 1 aromatic carbocycles.